The second kappa shape index (κ2) is 5.67. The Morgan fingerprint density at radius 2 is 1.62 bits per heavy atom. The first kappa shape index (κ1) is 15.8. The van der Waals surface area contributed by atoms with E-state index in [9.17, 15) is 17.2 Å². The van der Waals surface area contributed by atoms with Gasteiger partial charge in [0, 0.05) is 5.69 Å². The zero-order chi connectivity index (χ0) is 15.8. The highest BCUT2D eigenvalue weighted by Gasteiger charge is 2.20. The highest BCUT2D eigenvalue weighted by atomic mass is 35.5. The number of hydrogen-bond donors (Lipinski definition) is 2. The maximum absolute atomic E-state index is 13.6. The van der Waals surface area contributed by atoms with Crippen molar-refractivity contribution in [3.63, 3.8) is 0 Å². The molecule has 2 aromatic rings. The quantitative estimate of drug-likeness (QED) is 0.654. The van der Waals surface area contributed by atoms with Crippen LogP contribution >= 0.6 is 23.2 Å². The second-order valence-corrected chi connectivity index (χ2v) is 6.51. The first-order valence-corrected chi connectivity index (χ1v) is 7.67. The van der Waals surface area contributed by atoms with Crippen LogP contribution in [-0.2, 0) is 10.0 Å². The number of anilines is 2. The molecule has 9 heteroatoms. The summed E-state index contributed by atoms with van der Waals surface area (Å²) in [6, 6.07) is 5.15. The number of hydrogen-bond acceptors (Lipinski definition) is 3. The summed E-state index contributed by atoms with van der Waals surface area (Å²) in [4.78, 5) is -0.640. The van der Waals surface area contributed by atoms with Gasteiger partial charge in [0.2, 0.25) is 0 Å². The van der Waals surface area contributed by atoms with E-state index < -0.39 is 26.6 Å². The molecule has 0 aromatic heterocycles. The van der Waals surface area contributed by atoms with Crippen LogP contribution in [0.15, 0.2) is 35.2 Å². The molecule has 0 heterocycles. The van der Waals surface area contributed by atoms with Gasteiger partial charge in [0.1, 0.15) is 10.7 Å². The molecule has 0 spiro atoms. The van der Waals surface area contributed by atoms with Gasteiger partial charge in [0.15, 0.2) is 5.82 Å². The molecule has 0 aliphatic carbocycles. The van der Waals surface area contributed by atoms with E-state index >= 15 is 0 Å². The molecular weight excluding hydrogens is 345 g/mol. The Hall–Kier alpha value is -1.57. The fraction of sp³-hybridized carbons (Fsp3) is 0. The summed E-state index contributed by atoms with van der Waals surface area (Å²) in [6.45, 7) is 0. The molecule has 0 unspecified atom stereocenters. The van der Waals surface area contributed by atoms with Crippen LogP contribution in [0.1, 0.15) is 0 Å². The van der Waals surface area contributed by atoms with Gasteiger partial charge in [0.25, 0.3) is 10.0 Å². The molecule has 0 aliphatic rings. The Balaban J connectivity index is 2.45. The topological polar surface area (TPSA) is 72.2 Å². The molecule has 2 aromatic carbocycles. The minimum atomic E-state index is -4.26. The van der Waals surface area contributed by atoms with E-state index in [1.807, 2.05) is 0 Å². The summed E-state index contributed by atoms with van der Waals surface area (Å²) in [5.74, 6) is -1.85. The number of benzene rings is 2. The average molecular weight is 353 g/mol. The molecule has 0 saturated heterocycles. The van der Waals surface area contributed by atoms with Crippen molar-refractivity contribution in [2.45, 2.75) is 4.90 Å². The lowest BCUT2D eigenvalue weighted by Crippen LogP contribution is -2.15. The van der Waals surface area contributed by atoms with Crippen LogP contribution in [0, 0.1) is 11.6 Å². The van der Waals surface area contributed by atoms with Crippen molar-refractivity contribution in [3.8, 4) is 0 Å². The normalized spacial score (nSPS) is 11.4. The molecule has 0 aliphatic heterocycles. The predicted molar refractivity (Wildman–Crippen MR) is 78.0 cm³/mol. The van der Waals surface area contributed by atoms with Crippen molar-refractivity contribution in [3.05, 3.63) is 52.0 Å². The van der Waals surface area contributed by atoms with Crippen molar-refractivity contribution in [1.82, 2.24) is 0 Å². The molecule has 0 fully saturated rings. The molecule has 3 N–H and O–H groups in total. The van der Waals surface area contributed by atoms with Crippen molar-refractivity contribution < 1.29 is 17.2 Å². The highest BCUT2D eigenvalue weighted by molar-refractivity contribution is 7.92. The van der Waals surface area contributed by atoms with Gasteiger partial charge in [-0.2, -0.15) is 0 Å². The standard InChI is InChI=1S/C12H8Cl2F2N2O2S/c13-8-4-7(5-9(14)12(8)16)18-21(19,20)11-3-6(17)1-2-10(11)15/h1-5,18H,17H2. The van der Waals surface area contributed by atoms with E-state index in [4.69, 9.17) is 28.9 Å². The van der Waals surface area contributed by atoms with Crippen molar-refractivity contribution in [2.75, 3.05) is 10.5 Å². The van der Waals surface area contributed by atoms with E-state index in [1.54, 1.807) is 0 Å². The fourth-order valence-corrected chi connectivity index (χ4v) is 3.19. The van der Waals surface area contributed by atoms with E-state index in [0.717, 1.165) is 24.3 Å². The van der Waals surface area contributed by atoms with Crippen LogP contribution < -0.4 is 10.5 Å². The molecule has 0 bridgehead atoms. The SMILES string of the molecule is Nc1ccc(F)c(S(=O)(=O)Nc2cc(Cl)c(F)c(Cl)c2)c1. The fourth-order valence-electron chi connectivity index (χ4n) is 1.55. The Kier molecular flexibility index (Phi) is 4.27. The number of sulfonamides is 1. The minimum absolute atomic E-state index is 0.0759. The molecule has 4 nitrogen and oxygen atoms in total. The van der Waals surface area contributed by atoms with Gasteiger partial charge in [-0.25, -0.2) is 17.2 Å². The maximum Gasteiger partial charge on any atom is 0.264 e. The zero-order valence-corrected chi connectivity index (χ0v) is 12.5. The molecule has 0 saturated carbocycles. The maximum atomic E-state index is 13.6. The monoisotopic (exact) mass is 352 g/mol. The van der Waals surface area contributed by atoms with Gasteiger partial charge in [-0.05, 0) is 30.3 Å². The summed E-state index contributed by atoms with van der Waals surface area (Å²) < 4.78 is 53.1. The van der Waals surface area contributed by atoms with Crippen LogP contribution in [-0.4, -0.2) is 8.42 Å². The summed E-state index contributed by atoms with van der Waals surface area (Å²) in [5, 5.41) is -0.735. The van der Waals surface area contributed by atoms with Crippen molar-refractivity contribution in [1.29, 1.82) is 0 Å². The third-order valence-corrected chi connectivity index (χ3v) is 4.43. The molecule has 0 atom stereocenters. The summed E-state index contributed by atoms with van der Waals surface area (Å²) in [5.41, 5.74) is 5.41. The third-order valence-electron chi connectivity index (χ3n) is 2.48. The Bertz CT molecular complexity index is 790. The molecule has 0 radical (unpaired) electrons. The largest absolute Gasteiger partial charge is 0.399 e. The summed E-state index contributed by atoms with van der Waals surface area (Å²) >= 11 is 11.1. The minimum Gasteiger partial charge on any atom is -0.399 e. The van der Waals surface area contributed by atoms with Crippen molar-refractivity contribution >= 4 is 44.6 Å². The van der Waals surface area contributed by atoms with Crippen LogP contribution in [0.5, 0.6) is 0 Å². The van der Waals surface area contributed by atoms with Crippen LogP contribution in [0.4, 0.5) is 20.2 Å². The van der Waals surface area contributed by atoms with E-state index in [0.29, 0.717) is 0 Å². The summed E-state index contributed by atoms with van der Waals surface area (Å²) in [6.07, 6.45) is 0. The highest BCUT2D eigenvalue weighted by Crippen LogP contribution is 2.29. The van der Waals surface area contributed by atoms with Gasteiger partial charge < -0.3 is 5.73 Å². The van der Waals surface area contributed by atoms with Crippen LogP contribution in [0.25, 0.3) is 0 Å². The van der Waals surface area contributed by atoms with E-state index in [2.05, 4.69) is 4.72 Å². The molecule has 0 amide bonds. The number of nitrogens with one attached hydrogen (secondary N) is 1. The average Bonchev–Trinajstić information content (AvgIpc) is 2.38. The third kappa shape index (κ3) is 3.37. The smallest absolute Gasteiger partial charge is 0.264 e. The summed E-state index contributed by atoms with van der Waals surface area (Å²) in [7, 11) is -4.26. The lowest BCUT2D eigenvalue weighted by molar-refractivity contribution is 0.570. The lowest BCUT2D eigenvalue weighted by Gasteiger charge is -2.10. The van der Waals surface area contributed by atoms with Gasteiger partial charge in [-0.3, -0.25) is 4.72 Å². The first-order valence-electron chi connectivity index (χ1n) is 5.43. The van der Waals surface area contributed by atoms with Gasteiger partial charge >= 0.3 is 0 Å². The molecule has 21 heavy (non-hydrogen) atoms. The van der Waals surface area contributed by atoms with Gasteiger partial charge in [-0.15, -0.1) is 0 Å². The lowest BCUT2D eigenvalue weighted by atomic mass is 10.3. The van der Waals surface area contributed by atoms with Crippen LogP contribution in [0.2, 0.25) is 10.0 Å². The van der Waals surface area contributed by atoms with E-state index in [1.165, 1.54) is 6.07 Å². The second-order valence-electron chi connectivity index (χ2n) is 4.05. The molecule has 112 valence electrons. The van der Waals surface area contributed by atoms with Gasteiger partial charge in [-0.1, -0.05) is 23.2 Å². The first-order chi connectivity index (χ1) is 9.70. The van der Waals surface area contributed by atoms with Crippen LogP contribution in [0.3, 0.4) is 0 Å². The Morgan fingerprint density at radius 1 is 1.05 bits per heavy atom. The molecule has 2 rings (SSSR count). The number of halogens is 4. The van der Waals surface area contributed by atoms with Crippen molar-refractivity contribution in [2.24, 2.45) is 0 Å². The Labute approximate surface area is 129 Å². The zero-order valence-electron chi connectivity index (χ0n) is 10.2. The number of nitrogens with two attached hydrogens (primary N) is 1. The van der Waals surface area contributed by atoms with Gasteiger partial charge in [0.05, 0.1) is 15.7 Å². The predicted octanol–water partition coefficient (Wildman–Crippen LogP) is 3.65. The number of rotatable bonds is 3. The number of nitrogen functional groups attached to an aromatic ring is 1. The Morgan fingerprint density at radius 3 is 2.19 bits per heavy atom. The molecular formula is C12H8Cl2F2N2O2S. The van der Waals surface area contributed by atoms with E-state index in [-0.39, 0.29) is 21.4 Å².